The second-order valence-corrected chi connectivity index (χ2v) is 6.26. The lowest BCUT2D eigenvalue weighted by Gasteiger charge is -2.10. The van der Waals surface area contributed by atoms with Gasteiger partial charge in [0.15, 0.2) is 0 Å². The number of nitrogens with one attached hydrogen (secondary N) is 1. The van der Waals surface area contributed by atoms with Gasteiger partial charge in [-0.25, -0.2) is 17.5 Å². The SMILES string of the molecule is CCNS(=O)(=O)c1ccc(-c2cccc(F)c2)c(C)c1. The molecule has 3 nitrogen and oxygen atoms in total. The molecule has 0 unspecified atom stereocenters. The average molecular weight is 293 g/mol. The van der Waals surface area contributed by atoms with E-state index in [-0.39, 0.29) is 10.7 Å². The summed E-state index contributed by atoms with van der Waals surface area (Å²) in [4.78, 5) is 0.219. The Kier molecular flexibility index (Phi) is 4.20. The zero-order chi connectivity index (χ0) is 14.8. The number of hydrogen-bond donors (Lipinski definition) is 1. The van der Waals surface area contributed by atoms with Gasteiger partial charge in [-0.05, 0) is 47.9 Å². The van der Waals surface area contributed by atoms with Crippen molar-refractivity contribution in [3.05, 3.63) is 53.8 Å². The Labute approximate surface area is 118 Å². The van der Waals surface area contributed by atoms with E-state index in [1.54, 1.807) is 31.2 Å². The molecule has 1 N–H and O–H groups in total. The fourth-order valence-corrected chi connectivity index (χ4v) is 3.18. The molecule has 0 spiro atoms. The molecule has 0 bridgehead atoms. The predicted octanol–water partition coefficient (Wildman–Crippen LogP) is 3.10. The quantitative estimate of drug-likeness (QED) is 0.941. The first kappa shape index (κ1) is 14.7. The van der Waals surface area contributed by atoms with Crippen LogP contribution in [0.3, 0.4) is 0 Å². The molecule has 0 saturated carbocycles. The summed E-state index contributed by atoms with van der Waals surface area (Å²) in [7, 11) is -3.46. The Morgan fingerprint density at radius 3 is 2.50 bits per heavy atom. The highest BCUT2D eigenvalue weighted by molar-refractivity contribution is 7.89. The minimum Gasteiger partial charge on any atom is -0.211 e. The highest BCUT2D eigenvalue weighted by Crippen LogP contribution is 2.26. The molecule has 0 saturated heterocycles. The first-order chi connectivity index (χ1) is 9.44. The second kappa shape index (κ2) is 5.73. The van der Waals surface area contributed by atoms with E-state index in [1.807, 2.05) is 6.92 Å². The lowest BCUT2D eigenvalue weighted by atomic mass is 10.0. The summed E-state index contributed by atoms with van der Waals surface area (Å²) < 4.78 is 39.5. The maximum absolute atomic E-state index is 13.2. The molecule has 2 aromatic rings. The monoisotopic (exact) mass is 293 g/mol. The summed E-state index contributed by atoms with van der Waals surface area (Å²) in [6.45, 7) is 3.88. The molecule has 2 rings (SSSR count). The molecule has 0 fully saturated rings. The van der Waals surface area contributed by atoms with Crippen molar-refractivity contribution in [3.8, 4) is 11.1 Å². The topological polar surface area (TPSA) is 46.2 Å². The van der Waals surface area contributed by atoms with Gasteiger partial charge in [-0.3, -0.25) is 0 Å². The van der Waals surface area contributed by atoms with Crippen LogP contribution in [0.2, 0.25) is 0 Å². The van der Waals surface area contributed by atoms with Crippen LogP contribution in [0.25, 0.3) is 11.1 Å². The first-order valence-corrected chi connectivity index (χ1v) is 7.78. The van der Waals surface area contributed by atoms with E-state index < -0.39 is 10.0 Å². The van der Waals surface area contributed by atoms with Crippen LogP contribution >= 0.6 is 0 Å². The Balaban J connectivity index is 2.46. The zero-order valence-corrected chi connectivity index (χ0v) is 12.2. The van der Waals surface area contributed by atoms with Crippen LogP contribution in [0.5, 0.6) is 0 Å². The van der Waals surface area contributed by atoms with E-state index in [2.05, 4.69) is 4.72 Å². The summed E-state index contributed by atoms with van der Waals surface area (Å²) in [5.74, 6) is -0.314. The molecule has 0 heterocycles. The van der Waals surface area contributed by atoms with E-state index in [9.17, 15) is 12.8 Å². The summed E-state index contributed by atoms with van der Waals surface area (Å²) in [5.41, 5.74) is 2.34. The van der Waals surface area contributed by atoms with Crippen molar-refractivity contribution in [2.45, 2.75) is 18.7 Å². The van der Waals surface area contributed by atoms with Crippen LogP contribution < -0.4 is 4.72 Å². The molecule has 20 heavy (non-hydrogen) atoms. The largest absolute Gasteiger partial charge is 0.240 e. The lowest BCUT2D eigenvalue weighted by molar-refractivity contribution is 0.584. The number of rotatable bonds is 4. The molecule has 5 heteroatoms. The summed E-state index contributed by atoms with van der Waals surface area (Å²) >= 11 is 0. The molecule has 106 valence electrons. The average Bonchev–Trinajstić information content (AvgIpc) is 2.38. The third kappa shape index (κ3) is 3.05. The molecular weight excluding hydrogens is 277 g/mol. The van der Waals surface area contributed by atoms with Gasteiger partial charge in [0.25, 0.3) is 0 Å². The molecule has 0 aliphatic rings. The van der Waals surface area contributed by atoms with Gasteiger partial charge in [0, 0.05) is 6.54 Å². The molecule has 0 aliphatic heterocycles. The minimum absolute atomic E-state index is 0.219. The summed E-state index contributed by atoms with van der Waals surface area (Å²) in [5, 5.41) is 0. The molecule has 0 aliphatic carbocycles. The van der Waals surface area contributed by atoms with Gasteiger partial charge in [-0.15, -0.1) is 0 Å². The normalized spacial score (nSPS) is 11.6. The van der Waals surface area contributed by atoms with Crippen molar-refractivity contribution >= 4 is 10.0 Å². The van der Waals surface area contributed by atoms with Crippen LogP contribution in [0.15, 0.2) is 47.4 Å². The van der Waals surface area contributed by atoms with Gasteiger partial charge in [0.2, 0.25) is 10.0 Å². The van der Waals surface area contributed by atoms with E-state index >= 15 is 0 Å². The standard InChI is InChI=1S/C15H16FNO2S/c1-3-17-20(18,19)14-7-8-15(11(2)9-14)12-5-4-6-13(16)10-12/h4-10,17H,3H2,1-2H3. The summed E-state index contributed by atoms with van der Waals surface area (Å²) in [6.07, 6.45) is 0. The number of sulfonamides is 1. The van der Waals surface area contributed by atoms with Gasteiger partial charge in [-0.1, -0.05) is 25.1 Å². The second-order valence-electron chi connectivity index (χ2n) is 4.49. The fraction of sp³-hybridized carbons (Fsp3) is 0.200. The van der Waals surface area contributed by atoms with Crippen LogP contribution in [0.1, 0.15) is 12.5 Å². The van der Waals surface area contributed by atoms with E-state index in [4.69, 9.17) is 0 Å². The number of aryl methyl sites for hydroxylation is 1. The van der Waals surface area contributed by atoms with E-state index in [0.29, 0.717) is 6.54 Å². The van der Waals surface area contributed by atoms with Crippen molar-refractivity contribution in [1.29, 1.82) is 0 Å². The maximum Gasteiger partial charge on any atom is 0.240 e. The zero-order valence-electron chi connectivity index (χ0n) is 11.4. The van der Waals surface area contributed by atoms with Crippen molar-refractivity contribution < 1.29 is 12.8 Å². The summed E-state index contributed by atoms with van der Waals surface area (Å²) in [6, 6.07) is 11.1. The minimum atomic E-state index is -3.46. The third-order valence-corrected chi connectivity index (χ3v) is 4.52. The van der Waals surface area contributed by atoms with E-state index in [0.717, 1.165) is 16.7 Å². The van der Waals surface area contributed by atoms with Gasteiger partial charge in [0.1, 0.15) is 5.82 Å². The van der Waals surface area contributed by atoms with Crippen LogP contribution in [-0.4, -0.2) is 15.0 Å². The van der Waals surface area contributed by atoms with Crippen LogP contribution in [-0.2, 0) is 10.0 Å². The van der Waals surface area contributed by atoms with Crippen molar-refractivity contribution in [1.82, 2.24) is 4.72 Å². The van der Waals surface area contributed by atoms with Crippen LogP contribution in [0.4, 0.5) is 4.39 Å². The first-order valence-electron chi connectivity index (χ1n) is 6.30. The van der Waals surface area contributed by atoms with Gasteiger partial charge >= 0.3 is 0 Å². The van der Waals surface area contributed by atoms with Crippen molar-refractivity contribution in [2.75, 3.05) is 6.54 Å². The number of benzene rings is 2. The molecule has 0 aromatic heterocycles. The molecular formula is C15H16FNO2S. The Morgan fingerprint density at radius 1 is 1.15 bits per heavy atom. The highest BCUT2D eigenvalue weighted by atomic mass is 32.2. The number of halogens is 1. The van der Waals surface area contributed by atoms with Gasteiger partial charge in [-0.2, -0.15) is 0 Å². The smallest absolute Gasteiger partial charge is 0.211 e. The Morgan fingerprint density at radius 2 is 1.90 bits per heavy atom. The fourth-order valence-electron chi connectivity index (χ4n) is 2.06. The van der Waals surface area contributed by atoms with Gasteiger partial charge in [0.05, 0.1) is 4.90 Å². The van der Waals surface area contributed by atoms with E-state index in [1.165, 1.54) is 18.2 Å². The molecule has 0 amide bonds. The molecule has 0 atom stereocenters. The predicted molar refractivity (Wildman–Crippen MR) is 77.4 cm³/mol. The maximum atomic E-state index is 13.2. The lowest BCUT2D eigenvalue weighted by Crippen LogP contribution is -2.23. The highest BCUT2D eigenvalue weighted by Gasteiger charge is 2.14. The Hall–Kier alpha value is -1.72. The third-order valence-electron chi connectivity index (χ3n) is 2.98. The van der Waals surface area contributed by atoms with Gasteiger partial charge < -0.3 is 0 Å². The number of hydrogen-bond acceptors (Lipinski definition) is 2. The molecule has 0 radical (unpaired) electrons. The van der Waals surface area contributed by atoms with Crippen molar-refractivity contribution in [3.63, 3.8) is 0 Å². The van der Waals surface area contributed by atoms with Crippen molar-refractivity contribution in [2.24, 2.45) is 0 Å². The molecule has 2 aromatic carbocycles. The van der Waals surface area contributed by atoms with Crippen LogP contribution in [0, 0.1) is 12.7 Å². The Bertz CT molecular complexity index is 726.